The third kappa shape index (κ3) is 1.55. The van der Waals surface area contributed by atoms with Gasteiger partial charge < -0.3 is 4.55 Å². The smallest absolute Gasteiger partial charge is 0.118 e. The first kappa shape index (κ1) is 5.79. The minimum atomic E-state index is -0.557. The maximum Gasteiger partial charge on any atom is 0.118 e. The van der Waals surface area contributed by atoms with Crippen molar-refractivity contribution in [3.8, 4) is 0 Å². The highest BCUT2D eigenvalue weighted by Gasteiger charge is 2.22. The Kier molecular flexibility index (Phi) is 1.89. The molecule has 0 N–H and O–H groups in total. The first-order chi connectivity index (χ1) is 3.29. The van der Waals surface area contributed by atoms with E-state index in [1.165, 1.54) is 0 Å². The third-order valence-corrected chi connectivity index (χ3v) is 3.12. The van der Waals surface area contributed by atoms with Gasteiger partial charge in [0.2, 0.25) is 0 Å². The van der Waals surface area contributed by atoms with Crippen molar-refractivity contribution in [2.24, 2.45) is 0 Å². The highest BCUT2D eigenvalue weighted by Crippen LogP contribution is 2.15. The Morgan fingerprint density at radius 1 is 1.71 bits per heavy atom. The molecule has 1 rings (SSSR count). The minimum absolute atomic E-state index is 0.306. The van der Waals surface area contributed by atoms with Crippen molar-refractivity contribution in [2.75, 3.05) is 11.5 Å². The van der Waals surface area contributed by atoms with Crippen LogP contribution >= 0.6 is 12.6 Å². The van der Waals surface area contributed by atoms with Gasteiger partial charge in [0.15, 0.2) is 0 Å². The third-order valence-electron chi connectivity index (χ3n) is 1.04. The normalized spacial score (nSPS) is 42.0. The summed E-state index contributed by atoms with van der Waals surface area (Å²) in [5.41, 5.74) is 0. The van der Waals surface area contributed by atoms with E-state index in [2.05, 4.69) is 0 Å². The average Bonchev–Trinajstić information content (AvgIpc) is 1.87. The monoisotopic (exact) mass is 135 g/mol. The summed E-state index contributed by atoms with van der Waals surface area (Å²) in [4.78, 5) is 0. The number of hydrogen-bond acceptors (Lipinski definition) is 1. The average molecular weight is 135 g/mol. The second-order valence-corrected chi connectivity index (χ2v) is 4.01. The molecule has 0 aromatic carbocycles. The molecule has 0 aliphatic carbocycles. The van der Waals surface area contributed by atoms with Crippen molar-refractivity contribution >= 4 is 23.8 Å². The van der Waals surface area contributed by atoms with E-state index < -0.39 is 11.2 Å². The predicted molar refractivity (Wildman–Crippen MR) is 33.9 cm³/mol. The molecule has 0 aromatic heterocycles. The van der Waals surface area contributed by atoms with Crippen molar-refractivity contribution in [1.82, 2.24) is 0 Å². The van der Waals surface area contributed by atoms with Crippen LogP contribution in [-0.4, -0.2) is 21.3 Å². The molecule has 0 spiro atoms. The van der Waals surface area contributed by atoms with Crippen LogP contribution < -0.4 is 0 Å². The van der Waals surface area contributed by atoms with Crippen molar-refractivity contribution in [1.29, 1.82) is 0 Å². The molecule has 7 heavy (non-hydrogen) atoms. The van der Waals surface area contributed by atoms with Crippen LogP contribution in [-0.2, 0) is 11.2 Å². The van der Waals surface area contributed by atoms with E-state index in [0.717, 1.165) is 17.9 Å². The van der Waals surface area contributed by atoms with Crippen LogP contribution in [0, 0.1) is 0 Å². The van der Waals surface area contributed by atoms with E-state index in [4.69, 9.17) is 12.6 Å². The molecule has 1 heterocycles. The summed E-state index contributed by atoms with van der Waals surface area (Å²) < 4.78 is 10.5. The Bertz CT molecular complexity index is 58.7. The molecule has 3 heteroatoms. The summed E-state index contributed by atoms with van der Waals surface area (Å²) in [6.07, 6.45) is 0.988. The molecule has 1 aliphatic rings. The molecule has 41 valence electrons. The van der Waals surface area contributed by atoms with Gasteiger partial charge in [0.05, 0.1) is 5.25 Å². The Hall–Kier alpha value is 0.660. The van der Waals surface area contributed by atoms with Crippen molar-refractivity contribution in [3.63, 3.8) is 0 Å². The molecule has 1 radical (unpaired) electrons. The lowest BCUT2D eigenvalue weighted by Crippen LogP contribution is -2.03. The molecule has 1 nitrogen and oxygen atoms in total. The lowest BCUT2D eigenvalue weighted by molar-refractivity contribution is 0.601. The molecule has 1 fully saturated rings. The molecule has 0 amide bonds. The van der Waals surface area contributed by atoms with Gasteiger partial charge in [0.1, 0.15) is 11.5 Å². The molecule has 2 atom stereocenters. The topological polar surface area (TPSA) is 23.1 Å². The maximum absolute atomic E-state index is 10.5. The molecule has 0 bridgehead atoms. The van der Waals surface area contributed by atoms with E-state index in [0.29, 0.717) is 5.25 Å². The van der Waals surface area contributed by atoms with Gasteiger partial charge in [0, 0.05) is 6.42 Å². The van der Waals surface area contributed by atoms with Gasteiger partial charge >= 0.3 is 0 Å². The Morgan fingerprint density at radius 2 is 2.43 bits per heavy atom. The van der Waals surface area contributed by atoms with Crippen LogP contribution in [0.5, 0.6) is 0 Å². The van der Waals surface area contributed by atoms with Crippen LogP contribution in [0.25, 0.3) is 0 Å². The Balaban J connectivity index is 2.26. The molecule has 1 saturated heterocycles. The molecule has 1 aliphatic heterocycles. The quantitative estimate of drug-likeness (QED) is 0.448. The van der Waals surface area contributed by atoms with Gasteiger partial charge in [0.25, 0.3) is 0 Å². The first-order valence-electron chi connectivity index (χ1n) is 2.30. The number of hydrogen-bond donors (Lipinski definition) is 0. The van der Waals surface area contributed by atoms with Gasteiger partial charge in [-0.05, 0) is 0 Å². The summed E-state index contributed by atoms with van der Waals surface area (Å²) in [6, 6.07) is 0. The zero-order chi connectivity index (χ0) is 5.28. The lowest BCUT2D eigenvalue weighted by Gasteiger charge is -1.97. The lowest BCUT2D eigenvalue weighted by atomic mass is 10.4. The van der Waals surface area contributed by atoms with Crippen molar-refractivity contribution in [2.45, 2.75) is 11.7 Å². The molecule has 0 saturated carbocycles. The Labute approximate surface area is 52.1 Å². The summed E-state index contributed by atoms with van der Waals surface area (Å²) in [6.45, 7) is 0. The highest BCUT2D eigenvalue weighted by molar-refractivity contribution is 7.93. The van der Waals surface area contributed by atoms with E-state index in [1.807, 2.05) is 0 Å². The van der Waals surface area contributed by atoms with Crippen LogP contribution in [0.2, 0.25) is 0 Å². The van der Waals surface area contributed by atoms with Crippen LogP contribution in [0.3, 0.4) is 0 Å². The highest BCUT2D eigenvalue weighted by atomic mass is 32.2. The fraction of sp³-hybridized carbons (Fsp3) is 1.00. The van der Waals surface area contributed by atoms with E-state index in [-0.39, 0.29) is 0 Å². The van der Waals surface area contributed by atoms with E-state index in [9.17, 15) is 4.55 Å². The molecule has 0 unspecified atom stereocenters. The predicted octanol–water partition coefficient (Wildman–Crippen LogP) is 0.705. The van der Waals surface area contributed by atoms with Gasteiger partial charge in [-0.1, -0.05) is 23.8 Å². The van der Waals surface area contributed by atoms with Crippen LogP contribution in [0.4, 0.5) is 0 Å². The second kappa shape index (κ2) is 2.29. The Morgan fingerprint density at radius 3 is 2.57 bits per heavy atom. The molecule has 0 aromatic rings. The first-order valence-corrected chi connectivity index (χ1v) is 4.26. The van der Waals surface area contributed by atoms with Crippen LogP contribution in [0.15, 0.2) is 0 Å². The minimum Gasteiger partial charge on any atom is -0.616 e. The van der Waals surface area contributed by atoms with Gasteiger partial charge in [-0.25, -0.2) is 0 Å². The zero-order valence-electron chi connectivity index (χ0n) is 3.92. The van der Waals surface area contributed by atoms with Crippen LogP contribution in [0.1, 0.15) is 6.42 Å². The summed E-state index contributed by atoms with van der Waals surface area (Å²) in [5, 5.41) is 0.306. The largest absolute Gasteiger partial charge is 0.616 e. The van der Waals surface area contributed by atoms with E-state index in [1.54, 1.807) is 0 Å². The molecular weight excluding hydrogens is 128 g/mol. The second-order valence-electron chi connectivity index (χ2n) is 1.72. The standard InChI is InChI=1S/C4H7OS2/c5-7-2-1-4(6)3-7/h4H,1-3H2/t4-,7+/m0/s1. The summed E-state index contributed by atoms with van der Waals surface area (Å²) in [5.74, 6) is 1.60. The van der Waals surface area contributed by atoms with Gasteiger partial charge in [-0.2, -0.15) is 0 Å². The summed E-state index contributed by atoms with van der Waals surface area (Å²) >= 11 is 4.33. The van der Waals surface area contributed by atoms with Crippen molar-refractivity contribution in [3.05, 3.63) is 0 Å². The summed E-state index contributed by atoms with van der Waals surface area (Å²) in [7, 11) is 0. The SMILES string of the molecule is [O-][S@+]1CC[C@H]([S])C1. The van der Waals surface area contributed by atoms with E-state index >= 15 is 0 Å². The fourth-order valence-corrected chi connectivity index (χ4v) is 2.65. The van der Waals surface area contributed by atoms with Gasteiger partial charge in [-0.3, -0.25) is 0 Å². The molecular formula is C4H7OS2. The van der Waals surface area contributed by atoms with Crippen molar-refractivity contribution < 1.29 is 4.55 Å². The zero-order valence-corrected chi connectivity index (χ0v) is 5.56. The van der Waals surface area contributed by atoms with Gasteiger partial charge in [-0.15, -0.1) is 0 Å². The maximum atomic E-state index is 10.5. The fourth-order valence-electron chi connectivity index (χ4n) is 0.637. The number of rotatable bonds is 0.